The molecule has 2 unspecified atom stereocenters. The summed E-state index contributed by atoms with van der Waals surface area (Å²) >= 11 is 6.17. The molecule has 1 aromatic carbocycles. The third-order valence-corrected chi connectivity index (χ3v) is 6.49. The number of halogens is 1. The zero-order chi connectivity index (χ0) is 21.2. The van der Waals surface area contributed by atoms with Crippen LogP contribution < -0.4 is 4.74 Å². The molecule has 0 heterocycles. The highest BCUT2D eigenvalue weighted by atomic mass is 35.5. The summed E-state index contributed by atoms with van der Waals surface area (Å²) in [5.41, 5.74) is 2.64. The van der Waals surface area contributed by atoms with Gasteiger partial charge in [0.25, 0.3) is 0 Å². The van der Waals surface area contributed by atoms with Crippen LogP contribution in [0.3, 0.4) is 0 Å². The molecule has 0 bridgehead atoms. The first-order chi connectivity index (χ1) is 13.0. The summed E-state index contributed by atoms with van der Waals surface area (Å²) in [7, 11) is 1.45. The average Bonchev–Trinajstić information content (AvgIpc) is 2.66. The molecule has 0 radical (unpaired) electrons. The maximum absolute atomic E-state index is 12.1. The van der Waals surface area contributed by atoms with Crippen molar-refractivity contribution >= 4 is 17.4 Å². The van der Waals surface area contributed by atoms with Crippen molar-refractivity contribution in [1.82, 2.24) is 0 Å². The van der Waals surface area contributed by atoms with Crippen LogP contribution in [0.15, 0.2) is 35.5 Å². The zero-order valence-corrected chi connectivity index (χ0v) is 18.1. The lowest BCUT2D eigenvalue weighted by Gasteiger charge is -2.36. The second-order valence-electron chi connectivity index (χ2n) is 7.70. The Kier molecular flexibility index (Phi) is 6.66. The van der Waals surface area contributed by atoms with Gasteiger partial charge in [-0.25, -0.2) is 0 Å². The quantitative estimate of drug-likeness (QED) is 0.489. The van der Waals surface area contributed by atoms with Crippen molar-refractivity contribution in [2.45, 2.75) is 47.5 Å². The van der Waals surface area contributed by atoms with E-state index in [2.05, 4.69) is 19.9 Å². The van der Waals surface area contributed by atoms with Gasteiger partial charge in [0.05, 0.1) is 12.1 Å². The summed E-state index contributed by atoms with van der Waals surface area (Å²) in [5.74, 6) is 0.197. The van der Waals surface area contributed by atoms with Crippen molar-refractivity contribution < 1.29 is 19.7 Å². The van der Waals surface area contributed by atoms with Gasteiger partial charge < -0.3 is 14.9 Å². The molecule has 5 heteroatoms. The maximum atomic E-state index is 12.1. The lowest BCUT2D eigenvalue weighted by molar-refractivity contribution is -0.124. The first-order valence-corrected chi connectivity index (χ1v) is 9.75. The molecule has 0 aromatic heterocycles. The van der Waals surface area contributed by atoms with E-state index < -0.39 is 0 Å². The Morgan fingerprint density at radius 1 is 1.36 bits per heavy atom. The average molecular weight is 405 g/mol. The lowest BCUT2D eigenvalue weighted by atomic mass is 9.67. The minimum absolute atomic E-state index is 0.0743. The molecule has 0 aliphatic heterocycles. The van der Waals surface area contributed by atoms with Crippen LogP contribution in [0.25, 0.3) is 0 Å². The van der Waals surface area contributed by atoms with Crippen LogP contribution in [0.2, 0.25) is 5.02 Å². The number of ether oxygens (including phenoxy) is 1. The monoisotopic (exact) mass is 404 g/mol. The highest BCUT2D eigenvalue weighted by molar-refractivity contribution is 6.33. The summed E-state index contributed by atoms with van der Waals surface area (Å²) in [6.45, 7) is 9.72. The Labute approximate surface area is 172 Å². The number of phenolic OH excluding ortho intramolecular Hbond substituents is 2. The predicted octanol–water partition coefficient (Wildman–Crippen LogP) is 5.67. The van der Waals surface area contributed by atoms with Crippen LogP contribution in [-0.4, -0.2) is 23.1 Å². The van der Waals surface area contributed by atoms with Crippen LogP contribution in [0.4, 0.5) is 0 Å². The van der Waals surface area contributed by atoms with Gasteiger partial charge in [-0.1, -0.05) is 60.9 Å². The molecule has 0 saturated heterocycles. The van der Waals surface area contributed by atoms with E-state index in [1.807, 2.05) is 32.1 Å². The van der Waals surface area contributed by atoms with Crippen LogP contribution >= 0.6 is 11.6 Å². The van der Waals surface area contributed by atoms with Crippen LogP contribution in [0.1, 0.15) is 45.2 Å². The molecule has 1 aliphatic rings. The minimum atomic E-state index is -0.314. The molecule has 0 saturated carbocycles. The molecule has 0 fully saturated rings. The van der Waals surface area contributed by atoms with E-state index in [0.717, 1.165) is 5.57 Å². The third-order valence-electron chi connectivity index (χ3n) is 6.03. The van der Waals surface area contributed by atoms with Crippen molar-refractivity contribution in [2.24, 2.45) is 11.3 Å². The van der Waals surface area contributed by atoms with Gasteiger partial charge in [-0.15, -0.1) is 0 Å². The highest BCUT2D eigenvalue weighted by Crippen LogP contribution is 2.45. The van der Waals surface area contributed by atoms with E-state index >= 15 is 0 Å². The van der Waals surface area contributed by atoms with Crippen molar-refractivity contribution in [3.63, 3.8) is 0 Å². The molecule has 1 aromatic rings. The second kappa shape index (κ2) is 8.44. The fourth-order valence-corrected chi connectivity index (χ4v) is 3.72. The van der Waals surface area contributed by atoms with Crippen LogP contribution in [0.5, 0.6) is 17.2 Å². The molecule has 4 nitrogen and oxygen atoms in total. The number of Topliss-reactive ketones (excluding diaryl/α,β-unsaturated/α-hetero) is 1. The van der Waals surface area contributed by atoms with Gasteiger partial charge in [0.1, 0.15) is 11.5 Å². The fourth-order valence-electron chi connectivity index (χ4n) is 3.52. The number of rotatable bonds is 5. The zero-order valence-electron chi connectivity index (χ0n) is 17.4. The molecule has 2 N–H and O–H groups in total. The summed E-state index contributed by atoms with van der Waals surface area (Å²) in [4.78, 5) is 12.1. The molecule has 0 amide bonds. The van der Waals surface area contributed by atoms with Crippen molar-refractivity contribution in [3.05, 3.63) is 51.6 Å². The van der Waals surface area contributed by atoms with Crippen LogP contribution in [-0.2, 0) is 11.2 Å². The molecule has 2 atom stereocenters. The van der Waals surface area contributed by atoms with Crippen LogP contribution in [0, 0.1) is 18.3 Å². The van der Waals surface area contributed by atoms with E-state index in [0.29, 0.717) is 24.0 Å². The topological polar surface area (TPSA) is 66.8 Å². The maximum Gasteiger partial charge on any atom is 0.165 e. The van der Waals surface area contributed by atoms with Gasteiger partial charge in [0, 0.05) is 28.9 Å². The summed E-state index contributed by atoms with van der Waals surface area (Å²) in [5, 5.41) is 20.9. The first kappa shape index (κ1) is 22.1. The molecule has 0 spiro atoms. The molecular weight excluding hydrogens is 376 g/mol. The van der Waals surface area contributed by atoms with Gasteiger partial charge in [0.15, 0.2) is 11.5 Å². The standard InChI is InChI=1S/C23H29ClO4/c1-13(11-12-23(5)14(2)8-10-18(25)16(23)4)7-9-17-20(26)19(24)15(3)22(28-6)21(17)27/h7-8,11-12,16,26-27H,9-10H2,1-6H3. The summed E-state index contributed by atoms with van der Waals surface area (Å²) in [6, 6.07) is 0. The largest absolute Gasteiger partial charge is 0.506 e. The Morgan fingerprint density at radius 2 is 2.00 bits per heavy atom. The van der Waals surface area contributed by atoms with Crippen molar-refractivity contribution in [1.29, 1.82) is 0 Å². The number of aromatic hydroxyl groups is 2. The van der Waals surface area contributed by atoms with E-state index in [1.165, 1.54) is 12.7 Å². The molecule has 2 rings (SSSR count). The van der Waals surface area contributed by atoms with E-state index in [1.54, 1.807) is 6.92 Å². The minimum Gasteiger partial charge on any atom is -0.506 e. The smallest absolute Gasteiger partial charge is 0.165 e. The number of hydrogen-bond donors (Lipinski definition) is 2. The van der Waals surface area contributed by atoms with E-state index in [4.69, 9.17) is 16.3 Å². The molecular formula is C23H29ClO4. The Balaban J connectivity index is 2.30. The van der Waals surface area contributed by atoms with Gasteiger partial charge in [-0.2, -0.15) is 0 Å². The summed E-state index contributed by atoms with van der Waals surface area (Å²) < 4.78 is 5.21. The SMILES string of the molecule is COc1c(C)c(Cl)c(O)c(CC=C(C)C=CC2(C)C(C)=CCC(=O)C2C)c1O. The van der Waals surface area contributed by atoms with Gasteiger partial charge in [-0.05, 0) is 27.2 Å². The van der Waals surface area contributed by atoms with Gasteiger partial charge >= 0.3 is 0 Å². The predicted molar refractivity (Wildman–Crippen MR) is 113 cm³/mol. The number of allylic oxidation sites excluding steroid dienone is 6. The number of ketones is 1. The number of methoxy groups -OCH3 is 1. The van der Waals surface area contributed by atoms with E-state index in [9.17, 15) is 15.0 Å². The number of carbonyl (C=O) groups is 1. The third kappa shape index (κ3) is 3.97. The molecule has 28 heavy (non-hydrogen) atoms. The number of carbonyl (C=O) groups excluding carboxylic acids is 1. The summed E-state index contributed by atoms with van der Waals surface area (Å²) in [6.07, 6.45) is 8.74. The Morgan fingerprint density at radius 3 is 2.61 bits per heavy atom. The van der Waals surface area contributed by atoms with Crippen molar-refractivity contribution in [2.75, 3.05) is 7.11 Å². The molecule has 152 valence electrons. The second-order valence-corrected chi connectivity index (χ2v) is 8.07. The first-order valence-electron chi connectivity index (χ1n) is 9.37. The Bertz CT molecular complexity index is 879. The Hall–Kier alpha value is -2.20. The number of benzene rings is 1. The normalized spacial score (nSPS) is 23.2. The van der Waals surface area contributed by atoms with Gasteiger partial charge in [0.2, 0.25) is 0 Å². The number of phenols is 2. The number of hydrogen-bond acceptors (Lipinski definition) is 4. The highest BCUT2D eigenvalue weighted by Gasteiger charge is 2.37. The van der Waals surface area contributed by atoms with Crippen molar-refractivity contribution in [3.8, 4) is 17.2 Å². The fraction of sp³-hybridized carbons (Fsp3) is 0.435. The molecule has 1 aliphatic carbocycles. The van der Waals surface area contributed by atoms with E-state index in [-0.39, 0.29) is 39.4 Å². The van der Waals surface area contributed by atoms with Gasteiger partial charge in [-0.3, -0.25) is 4.79 Å². The lowest BCUT2D eigenvalue weighted by Crippen LogP contribution is -2.33.